The molecular formula is C14H28O6S. The molecule has 0 saturated carbocycles. The van der Waals surface area contributed by atoms with Crippen molar-refractivity contribution in [1.29, 1.82) is 0 Å². The van der Waals surface area contributed by atoms with Crippen LogP contribution >= 0.6 is 0 Å². The average Bonchev–Trinajstić information content (AvgIpc) is 2.77. The summed E-state index contributed by atoms with van der Waals surface area (Å²) in [5.41, 5.74) is 0. The van der Waals surface area contributed by atoms with E-state index < -0.39 is 22.3 Å². The Labute approximate surface area is 128 Å². The van der Waals surface area contributed by atoms with Gasteiger partial charge in [0, 0.05) is 6.42 Å². The van der Waals surface area contributed by atoms with Crippen molar-refractivity contribution in [2.24, 2.45) is 0 Å². The first-order chi connectivity index (χ1) is 9.85. The highest BCUT2D eigenvalue weighted by Crippen LogP contribution is 2.29. The van der Waals surface area contributed by atoms with Crippen molar-refractivity contribution < 1.29 is 26.6 Å². The molecule has 0 aromatic heterocycles. The first kappa shape index (κ1) is 18.8. The Morgan fingerprint density at radius 1 is 1.19 bits per heavy atom. The lowest BCUT2D eigenvalue weighted by Crippen LogP contribution is -2.28. The summed E-state index contributed by atoms with van der Waals surface area (Å²) >= 11 is 0. The predicted molar refractivity (Wildman–Crippen MR) is 79.3 cm³/mol. The van der Waals surface area contributed by atoms with E-state index in [0.29, 0.717) is 0 Å². The summed E-state index contributed by atoms with van der Waals surface area (Å²) in [5.74, 6) is -0.670. The van der Waals surface area contributed by atoms with Crippen LogP contribution < -0.4 is 0 Å². The normalized spacial score (nSPS) is 26.3. The van der Waals surface area contributed by atoms with Gasteiger partial charge in [-0.3, -0.25) is 4.55 Å². The van der Waals surface area contributed by atoms with Gasteiger partial charge in [-0.1, -0.05) is 45.4 Å². The van der Waals surface area contributed by atoms with Crippen molar-refractivity contribution in [2.75, 3.05) is 13.2 Å². The molecule has 0 bridgehead atoms. The van der Waals surface area contributed by atoms with Gasteiger partial charge in [-0.2, -0.15) is 8.42 Å². The Bertz CT molecular complexity index is 383. The molecule has 1 N–H and O–H groups in total. The maximum atomic E-state index is 10.5. The van der Waals surface area contributed by atoms with Crippen molar-refractivity contribution in [3.63, 3.8) is 0 Å². The topological polar surface area (TPSA) is 82.1 Å². The number of ether oxygens (including phenoxy) is 2. The van der Waals surface area contributed by atoms with E-state index in [1.807, 2.05) is 6.92 Å². The van der Waals surface area contributed by atoms with Gasteiger partial charge in [0.2, 0.25) is 0 Å². The minimum Gasteiger partial charge on any atom is -0.347 e. The molecule has 1 aliphatic heterocycles. The van der Waals surface area contributed by atoms with Crippen molar-refractivity contribution in [2.45, 2.75) is 77.1 Å². The Balaban J connectivity index is 2.12. The Kier molecular flexibility index (Phi) is 8.12. The number of unbranched alkanes of at least 4 members (excludes halogenated alkanes) is 6. The van der Waals surface area contributed by atoms with Crippen molar-refractivity contribution in [3.8, 4) is 0 Å². The fourth-order valence-corrected chi connectivity index (χ4v) is 2.79. The van der Waals surface area contributed by atoms with Crippen LogP contribution in [0.2, 0.25) is 0 Å². The minimum absolute atomic E-state index is 0.217. The predicted octanol–water partition coefficient (Wildman–Crippen LogP) is 3.08. The molecule has 2 atom stereocenters. The molecule has 1 saturated heterocycles. The largest absolute Gasteiger partial charge is 0.397 e. The third-order valence-corrected chi connectivity index (χ3v) is 4.06. The molecule has 0 aromatic rings. The molecule has 0 spiro atoms. The van der Waals surface area contributed by atoms with E-state index in [4.69, 9.17) is 14.0 Å². The van der Waals surface area contributed by atoms with E-state index in [1.54, 1.807) is 0 Å². The molecular weight excluding hydrogens is 296 g/mol. The van der Waals surface area contributed by atoms with Crippen LogP contribution in [-0.4, -0.2) is 38.1 Å². The first-order valence-electron chi connectivity index (χ1n) is 7.78. The van der Waals surface area contributed by atoms with E-state index >= 15 is 0 Å². The summed E-state index contributed by atoms with van der Waals surface area (Å²) < 4.78 is 45.1. The lowest BCUT2D eigenvalue weighted by molar-refractivity contribution is -0.161. The number of hydrogen-bond acceptors (Lipinski definition) is 5. The first-order valence-corrected chi connectivity index (χ1v) is 9.15. The lowest BCUT2D eigenvalue weighted by Gasteiger charge is -2.23. The van der Waals surface area contributed by atoms with Crippen LogP contribution in [0.3, 0.4) is 0 Å². The molecule has 2 unspecified atom stereocenters. The van der Waals surface area contributed by atoms with Gasteiger partial charge >= 0.3 is 10.4 Å². The van der Waals surface area contributed by atoms with Gasteiger partial charge < -0.3 is 9.47 Å². The van der Waals surface area contributed by atoms with Crippen LogP contribution in [0.4, 0.5) is 0 Å². The highest BCUT2D eigenvalue weighted by Gasteiger charge is 2.37. The quantitative estimate of drug-likeness (QED) is 0.464. The third-order valence-electron chi connectivity index (χ3n) is 3.63. The Hall–Kier alpha value is -0.210. The third kappa shape index (κ3) is 8.73. The second kappa shape index (κ2) is 9.05. The zero-order valence-corrected chi connectivity index (χ0v) is 13.9. The molecule has 126 valence electrons. The summed E-state index contributed by atoms with van der Waals surface area (Å²) in [6, 6.07) is 0. The smallest absolute Gasteiger partial charge is 0.347 e. The van der Waals surface area contributed by atoms with Crippen LogP contribution in [0.25, 0.3) is 0 Å². The zero-order chi connectivity index (χ0) is 15.8. The van der Waals surface area contributed by atoms with E-state index in [1.165, 1.54) is 32.1 Å². The van der Waals surface area contributed by atoms with E-state index in [9.17, 15) is 8.42 Å². The van der Waals surface area contributed by atoms with Crippen LogP contribution in [-0.2, 0) is 24.1 Å². The molecule has 1 aliphatic rings. The van der Waals surface area contributed by atoms with E-state index in [0.717, 1.165) is 19.3 Å². The zero-order valence-electron chi connectivity index (χ0n) is 13.0. The molecule has 0 radical (unpaired) electrons. The molecule has 0 aliphatic carbocycles. The molecule has 7 heteroatoms. The molecule has 0 aromatic carbocycles. The van der Waals surface area contributed by atoms with Crippen LogP contribution in [0.15, 0.2) is 0 Å². The van der Waals surface area contributed by atoms with Crippen LogP contribution in [0.5, 0.6) is 0 Å². The number of rotatable bonds is 11. The summed E-state index contributed by atoms with van der Waals surface area (Å²) in [7, 11) is -4.42. The van der Waals surface area contributed by atoms with Gasteiger partial charge in [-0.15, -0.1) is 0 Å². The van der Waals surface area contributed by atoms with Gasteiger partial charge in [0.15, 0.2) is 5.79 Å². The summed E-state index contributed by atoms with van der Waals surface area (Å²) in [5, 5.41) is 0. The van der Waals surface area contributed by atoms with Crippen LogP contribution in [0.1, 0.15) is 65.2 Å². The van der Waals surface area contributed by atoms with Gasteiger partial charge in [-0.05, 0) is 13.3 Å². The summed E-state index contributed by atoms with van der Waals surface area (Å²) in [4.78, 5) is 0. The second-order valence-corrected chi connectivity index (χ2v) is 6.86. The van der Waals surface area contributed by atoms with Gasteiger partial charge in [0.05, 0.1) is 13.2 Å². The molecule has 1 heterocycles. The van der Waals surface area contributed by atoms with E-state index in [-0.39, 0.29) is 13.2 Å². The van der Waals surface area contributed by atoms with E-state index in [2.05, 4.69) is 11.1 Å². The summed E-state index contributed by atoms with van der Waals surface area (Å²) in [6.45, 7) is 4.13. The Morgan fingerprint density at radius 3 is 2.43 bits per heavy atom. The molecule has 1 fully saturated rings. The molecule has 21 heavy (non-hydrogen) atoms. The minimum atomic E-state index is -4.42. The van der Waals surface area contributed by atoms with Crippen molar-refractivity contribution in [3.05, 3.63) is 0 Å². The fourth-order valence-electron chi connectivity index (χ4n) is 2.47. The van der Waals surface area contributed by atoms with Crippen molar-refractivity contribution in [1.82, 2.24) is 0 Å². The number of hydrogen-bond donors (Lipinski definition) is 1. The summed E-state index contributed by atoms with van der Waals surface area (Å²) in [6.07, 6.45) is 8.86. The second-order valence-electron chi connectivity index (χ2n) is 5.77. The highest BCUT2D eigenvalue weighted by atomic mass is 32.3. The molecule has 0 amide bonds. The maximum absolute atomic E-state index is 10.5. The van der Waals surface area contributed by atoms with Crippen molar-refractivity contribution >= 4 is 10.4 Å². The van der Waals surface area contributed by atoms with Gasteiger partial charge in [0.25, 0.3) is 0 Å². The van der Waals surface area contributed by atoms with Crippen LogP contribution in [0, 0.1) is 0 Å². The lowest BCUT2D eigenvalue weighted by atomic mass is 10.1. The van der Waals surface area contributed by atoms with Gasteiger partial charge in [-0.25, -0.2) is 4.18 Å². The standard InChI is InChI=1S/C14H28O6S/c1-3-4-5-6-7-8-9-10-14(2)18-11-13(20-14)12-19-21(15,16)17/h13H,3-12H2,1-2H3,(H,15,16,17). The highest BCUT2D eigenvalue weighted by molar-refractivity contribution is 7.80. The fraction of sp³-hybridized carbons (Fsp3) is 1.00. The monoisotopic (exact) mass is 324 g/mol. The van der Waals surface area contributed by atoms with Gasteiger partial charge in [0.1, 0.15) is 6.10 Å². The SMILES string of the molecule is CCCCCCCCCC1(C)OCC(COS(=O)(=O)O)O1. The molecule has 1 rings (SSSR count). The molecule has 6 nitrogen and oxygen atoms in total. The average molecular weight is 324 g/mol. The maximum Gasteiger partial charge on any atom is 0.397 e. The Morgan fingerprint density at radius 2 is 1.81 bits per heavy atom.